The third-order valence-corrected chi connectivity index (χ3v) is 8.97. The molecule has 5 aromatic carbocycles. The average molecular weight is 494 g/mol. The predicted octanol–water partition coefficient (Wildman–Crippen LogP) is 7.50. The Kier molecular flexibility index (Phi) is 5.04. The second-order valence-corrected chi connectivity index (χ2v) is 11.6. The van der Waals surface area contributed by atoms with Crippen LogP contribution in [0.15, 0.2) is 115 Å². The van der Waals surface area contributed by atoms with Gasteiger partial charge in [-0.15, -0.1) is 0 Å². The molecule has 2 nitrogen and oxygen atoms in total. The molecule has 5 aromatic rings. The number of benzene rings is 5. The minimum Gasteiger partial charge on any atom is -0.399 e. The molecule has 7 rings (SSSR count). The van der Waals surface area contributed by atoms with Gasteiger partial charge in [0, 0.05) is 0 Å². The van der Waals surface area contributed by atoms with Crippen LogP contribution in [0.5, 0.6) is 0 Å². The molecular formula is C35H31BO2. The summed E-state index contributed by atoms with van der Waals surface area (Å²) in [5.74, 6) is 0. The van der Waals surface area contributed by atoms with E-state index >= 15 is 0 Å². The van der Waals surface area contributed by atoms with Crippen LogP contribution in [0.3, 0.4) is 0 Å². The molecule has 1 heterocycles. The van der Waals surface area contributed by atoms with Crippen molar-refractivity contribution in [2.75, 3.05) is 0 Å². The van der Waals surface area contributed by atoms with Crippen molar-refractivity contribution in [1.29, 1.82) is 0 Å². The summed E-state index contributed by atoms with van der Waals surface area (Å²) in [6, 6.07) is 42.1. The van der Waals surface area contributed by atoms with Gasteiger partial charge in [0.25, 0.3) is 0 Å². The molecule has 0 bridgehead atoms. The zero-order valence-corrected chi connectivity index (χ0v) is 22.4. The summed E-state index contributed by atoms with van der Waals surface area (Å²) in [6.07, 6.45) is 0. The summed E-state index contributed by atoms with van der Waals surface area (Å²) in [7, 11) is -0.419. The summed E-state index contributed by atoms with van der Waals surface area (Å²) >= 11 is 0. The van der Waals surface area contributed by atoms with Gasteiger partial charge in [-0.1, -0.05) is 103 Å². The average Bonchev–Trinajstić information content (AvgIpc) is 3.34. The monoisotopic (exact) mass is 494 g/mol. The van der Waals surface area contributed by atoms with Gasteiger partial charge in [-0.2, -0.15) is 0 Å². The van der Waals surface area contributed by atoms with Crippen LogP contribution in [0.4, 0.5) is 0 Å². The zero-order chi connectivity index (χ0) is 26.1. The van der Waals surface area contributed by atoms with E-state index in [0.29, 0.717) is 0 Å². The van der Waals surface area contributed by atoms with Gasteiger partial charge in [0.05, 0.1) is 16.6 Å². The van der Waals surface area contributed by atoms with Gasteiger partial charge < -0.3 is 9.31 Å². The van der Waals surface area contributed by atoms with Gasteiger partial charge in [-0.05, 0) is 89.4 Å². The molecular weight excluding hydrogens is 463 g/mol. The van der Waals surface area contributed by atoms with E-state index in [1.165, 1.54) is 44.2 Å². The summed E-state index contributed by atoms with van der Waals surface area (Å²) in [5.41, 5.74) is 7.45. The Balaban J connectivity index is 1.56. The first-order valence-electron chi connectivity index (χ1n) is 13.5. The smallest absolute Gasteiger partial charge is 0.399 e. The van der Waals surface area contributed by atoms with E-state index in [1.54, 1.807) is 0 Å². The summed E-state index contributed by atoms with van der Waals surface area (Å²) in [6.45, 7) is 8.44. The second-order valence-electron chi connectivity index (χ2n) is 11.6. The van der Waals surface area contributed by atoms with E-state index < -0.39 is 23.7 Å². The Bertz CT molecular complexity index is 1620. The minimum atomic E-state index is -0.461. The molecule has 1 aliphatic carbocycles. The van der Waals surface area contributed by atoms with Crippen molar-refractivity contribution in [2.45, 2.75) is 44.3 Å². The Morgan fingerprint density at radius 1 is 0.500 bits per heavy atom. The fraction of sp³-hybridized carbons (Fsp3) is 0.200. The van der Waals surface area contributed by atoms with Crippen LogP contribution in [-0.2, 0) is 14.7 Å². The first-order chi connectivity index (χ1) is 18.3. The van der Waals surface area contributed by atoms with Crippen LogP contribution in [0.1, 0.15) is 49.9 Å². The molecule has 2 aliphatic rings. The fourth-order valence-electron chi connectivity index (χ4n) is 6.32. The maximum Gasteiger partial charge on any atom is 0.494 e. The van der Waals surface area contributed by atoms with Gasteiger partial charge in [0.1, 0.15) is 0 Å². The highest BCUT2D eigenvalue weighted by molar-refractivity contribution is 6.62. The summed E-state index contributed by atoms with van der Waals surface area (Å²) < 4.78 is 13.0. The number of hydrogen-bond donors (Lipinski definition) is 0. The lowest BCUT2D eigenvalue weighted by Gasteiger charge is -2.34. The molecule has 1 fully saturated rings. The number of fused-ring (bicyclic) bond motifs is 4. The molecule has 1 saturated heterocycles. The van der Waals surface area contributed by atoms with Crippen molar-refractivity contribution in [3.63, 3.8) is 0 Å². The van der Waals surface area contributed by atoms with Gasteiger partial charge in [0.15, 0.2) is 0 Å². The van der Waals surface area contributed by atoms with Crippen LogP contribution >= 0.6 is 0 Å². The standard InChI is InChI=1S/C35H31BO2/c1-33(2)34(3,4)38-36(37-33)28-19-20-29-30-21-24-13-11-12-14-25(24)22-31(30)35(32(29)23-28,26-15-7-5-8-16-26)27-17-9-6-10-18-27/h5-23H,1-4H3. The van der Waals surface area contributed by atoms with Crippen LogP contribution in [0.25, 0.3) is 21.9 Å². The van der Waals surface area contributed by atoms with Crippen LogP contribution in [0.2, 0.25) is 0 Å². The summed E-state index contributed by atoms with van der Waals surface area (Å²) in [4.78, 5) is 0. The molecule has 0 unspecified atom stereocenters. The van der Waals surface area contributed by atoms with E-state index in [1.807, 2.05) is 0 Å². The molecule has 0 radical (unpaired) electrons. The molecule has 0 N–H and O–H groups in total. The first kappa shape index (κ1) is 23.5. The van der Waals surface area contributed by atoms with E-state index in [9.17, 15) is 0 Å². The molecule has 186 valence electrons. The third-order valence-electron chi connectivity index (χ3n) is 8.97. The van der Waals surface area contributed by atoms with Crippen molar-refractivity contribution in [2.24, 2.45) is 0 Å². The maximum atomic E-state index is 6.51. The Hall–Kier alpha value is -3.66. The molecule has 0 aromatic heterocycles. The van der Waals surface area contributed by atoms with Crippen molar-refractivity contribution in [3.05, 3.63) is 138 Å². The lowest BCUT2D eigenvalue weighted by atomic mass is 9.66. The SMILES string of the molecule is CC1(C)OB(c2ccc3c(c2)C(c2ccccc2)(c2ccccc2)c2cc4ccccc4cc2-3)OC1(C)C. The van der Waals surface area contributed by atoms with E-state index in [-0.39, 0.29) is 0 Å². The van der Waals surface area contributed by atoms with Crippen LogP contribution < -0.4 is 5.46 Å². The highest BCUT2D eigenvalue weighted by atomic mass is 16.7. The van der Waals surface area contributed by atoms with E-state index in [2.05, 4.69) is 143 Å². The van der Waals surface area contributed by atoms with E-state index in [4.69, 9.17) is 9.31 Å². The molecule has 0 spiro atoms. The van der Waals surface area contributed by atoms with Gasteiger partial charge in [0.2, 0.25) is 0 Å². The fourth-order valence-corrected chi connectivity index (χ4v) is 6.32. The normalized spacial score (nSPS) is 18.4. The van der Waals surface area contributed by atoms with Crippen molar-refractivity contribution < 1.29 is 9.31 Å². The van der Waals surface area contributed by atoms with Gasteiger partial charge >= 0.3 is 7.12 Å². The topological polar surface area (TPSA) is 18.5 Å². The Morgan fingerprint density at radius 2 is 1.00 bits per heavy atom. The second kappa shape index (κ2) is 8.17. The molecule has 3 heteroatoms. The lowest BCUT2D eigenvalue weighted by molar-refractivity contribution is 0.00578. The highest BCUT2D eigenvalue weighted by Crippen LogP contribution is 2.56. The zero-order valence-electron chi connectivity index (χ0n) is 22.4. The predicted molar refractivity (Wildman–Crippen MR) is 157 cm³/mol. The van der Waals surface area contributed by atoms with Crippen molar-refractivity contribution in [1.82, 2.24) is 0 Å². The molecule has 0 atom stereocenters. The molecule has 0 saturated carbocycles. The minimum absolute atomic E-state index is 0.396. The summed E-state index contributed by atoms with van der Waals surface area (Å²) in [5, 5.41) is 2.51. The largest absolute Gasteiger partial charge is 0.494 e. The third kappa shape index (κ3) is 3.22. The van der Waals surface area contributed by atoms with Crippen LogP contribution in [0, 0.1) is 0 Å². The quantitative estimate of drug-likeness (QED) is 0.237. The lowest BCUT2D eigenvalue weighted by Crippen LogP contribution is -2.41. The maximum absolute atomic E-state index is 6.51. The number of hydrogen-bond acceptors (Lipinski definition) is 2. The molecule has 38 heavy (non-hydrogen) atoms. The van der Waals surface area contributed by atoms with Gasteiger partial charge in [-0.3, -0.25) is 0 Å². The van der Waals surface area contributed by atoms with E-state index in [0.717, 1.165) is 5.46 Å². The van der Waals surface area contributed by atoms with Gasteiger partial charge in [-0.25, -0.2) is 0 Å². The Morgan fingerprint density at radius 3 is 1.58 bits per heavy atom. The Labute approximate surface area is 225 Å². The first-order valence-corrected chi connectivity index (χ1v) is 13.5. The van der Waals surface area contributed by atoms with Crippen molar-refractivity contribution >= 4 is 23.4 Å². The van der Waals surface area contributed by atoms with Crippen LogP contribution in [-0.4, -0.2) is 18.3 Å². The molecule has 1 aliphatic heterocycles. The van der Waals surface area contributed by atoms with Crippen molar-refractivity contribution in [3.8, 4) is 11.1 Å². The molecule has 0 amide bonds. The number of rotatable bonds is 3. The highest BCUT2D eigenvalue weighted by Gasteiger charge is 2.53.